The van der Waals surface area contributed by atoms with Gasteiger partial charge in [0.2, 0.25) is 0 Å². The van der Waals surface area contributed by atoms with Crippen LogP contribution in [-0.4, -0.2) is 16.8 Å². The highest BCUT2D eigenvalue weighted by Gasteiger charge is 2.07. The molecule has 0 radical (unpaired) electrons. The van der Waals surface area contributed by atoms with Crippen LogP contribution in [-0.2, 0) is 13.1 Å². The summed E-state index contributed by atoms with van der Waals surface area (Å²) >= 11 is 0. The number of pyridine rings is 1. The number of benzene rings is 2. The fraction of sp³-hybridized carbons (Fsp3) is 0.0952. The standard InChI is InChI=1S/C21H19N3O2/c25-20(18-4-2-1-3-5-18)23-14-16-6-8-19(9-7-16)21(26)24-15-17-10-12-22-13-11-17/h1-13H,14-15H2,(H,23,25)(H,24,26). The topological polar surface area (TPSA) is 71.1 Å². The minimum Gasteiger partial charge on any atom is -0.348 e. The highest BCUT2D eigenvalue weighted by Crippen LogP contribution is 2.06. The average molecular weight is 345 g/mol. The molecule has 5 nitrogen and oxygen atoms in total. The van der Waals surface area contributed by atoms with Gasteiger partial charge in [0.1, 0.15) is 0 Å². The van der Waals surface area contributed by atoms with E-state index < -0.39 is 0 Å². The summed E-state index contributed by atoms with van der Waals surface area (Å²) < 4.78 is 0. The molecule has 1 heterocycles. The molecule has 0 atom stereocenters. The highest BCUT2D eigenvalue weighted by atomic mass is 16.2. The van der Waals surface area contributed by atoms with Crippen LogP contribution in [0.2, 0.25) is 0 Å². The Morgan fingerprint density at radius 2 is 1.15 bits per heavy atom. The maximum Gasteiger partial charge on any atom is 0.251 e. The van der Waals surface area contributed by atoms with Crippen LogP contribution in [0.15, 0.2) is 79.1 Å². The molecule has 2 amide bonds. The molecule has 0 unspecified atom stereocenters. The van der Waals surface area contributed by atoms with Crippen molar-refractivity contribution in [2.45, 2.75) is 13.1 Å². The Hall–Kier alpha value is -3.47. The van der Waals surface area contributed by atoms with Crippen molar-refractivity contribution >= 4 is 11.8 Å². The van der Waals surface area contributed by atoms with E-state index in [-0.39, 0.29) is 11.8 Å². The molecule has 2 aromatic carbocycles. The molecular weight excluding hydrogens is 326 g/mol. The van der Waals surface area contributed by atoms with Crippen molar-refractivity contribution in [3.05, 3.63) is 101 Å². The van der Waals surface area contributed by atoms with Gasteiger partial charge in [-0.3, -0.25) is 14.6 Å². The van der Waals surface area contributed by atoms with Gasteiger partial charge in [0.25, 0.3) is 11.8 Å². The zero-order valence-electron chi connectivity index (χ0n) is 14.2. The Kier molecular flexibility index (Phi) is 5.72. The van der Waals surface area contributed by atoms with Crippen molar-refractivity contribution < 1.29 is 9.59 Å². The van der Waals surface area contributed by atoms with Crippen molar-refractivity contribution in [2.75, 3.05) is 0 Å². The van der Waals surface area contributed by atoms with Gasteiger partial charge in [0.15, 0.2) is 0 Å². The maximum atomic E-state index is 12.2. The Balaban J connectivity index is 1.51. The van der Waals surface area contributed by atoms with Crippen molar-refractivity contribution in [3.8, 4) is 0 Å². The molecule has 0 aliphatic heterocycles. The first-order chi connectivity index (χ1) is 12.7. The first-order valence-corrected chi connectivity index (χ1v) is 8.31. The fourth-order valence-corrected chi connectivity index (χ4v) is 2.43. The van der Waals surface area contributed by atoms with Crippen LogP contribution >= 0.6 is 0 Å². The number of carbonyl (C=O) groups excluding carboxylic acids is 2. The molecule has 5 heteroatoms. The molecular formula is C21H19N3O2. The molecule has 0 saturated carbocycles. The summed E-state index contributed by atoms with van der Waals surface area (Å²) in [6, 6.07) is 20.0. The number of amides is 2. The molecule has 0 spiro atoms. The summed E-state index contributed by atoms with van der Waals surface area (Å²) in [5.41, 5.74) is 3.13. The third-order valence-electron chi connectivity index (χ3n) is 3.91. The quantitative estimate of drug-likeness (QED) is 0.721. The number of carbonyl (C=O) groups is 2. The SMILES string of the molecule is O=C(NCc1ccc(C(=O)NCc2ccncc2)cc1)c1ccccc1. The van der Waals surface area contributed by atoms with Crippen LogP contribution in [0.25, 0.3) is 0 Å². The van der Waals surface area contributed by atoms with E-state index in [2.05, 4.69) is 15.6 Å². The number of aromatic nitrogens is 1. The number of nitrogens with zero attached hydrogens (tertiary/aromatic N) is 1. The lowest BCUT2D eigenvalue weighted by Gasteiger charge is -2.08. The lowest BCUT2D eigenvalue weighted by atomic mass is 10.1. The van der Waals surface area contributed by atoms with Crippen molar-refractivity contribution in [2.24, 2.45) is 0 Å². The predicted molar refractivity (Wildman–Crippen MR) is 99.5 cm³/mol. The molecule has 26 heavy (non-hydrogen) atoms. The second-order valence-electron chi connectivity index (χ2n) is 5.78. The van der Waals surface area contributed by atoms with Crippen molar-refractivity contribution in [1.82, 2.24) is 15.6 Å². The molecule has 0 bridgehead atoms. The van der Waals surface area contributed by atoms with Crippen molar-refractivity contribution in [3.63, 3.8) is 0 Å². The molecule has 2 N–H and O–H groups in total. The van der Waals surface area contributed by atoms with Gasteiger partial charge in [-0.2, -0.15) is 0 Å². The molecule has 3 rings (SSSR count). The second kappa shape index (κ2) is 8.58. The van der Waals surface area contributed by atoms with Crippen molar-refractivity contribution in [1.29, 1.82) is 0 Å². The van der Waals surface area contributed by atoms with E-state index in [1.165, 1.54) is 0 Å². The van der Waals surface area contributed by atoms with E-state index in [9.17, 15) is 9.59 Å². The van der Waals surface area contributed by atoms with Gasteiger partial charge in [-0.25, -0.2) is 0 Å². The number of rotatable bonds is 6. The number of hydrogen-bond acceptors (Lipinski definition) is 3. The Labute approximate surface area is 152 Å². The van der Waals surface area contributed by atoms with Gasteiger partial charge in [0, 0.05) is 36.6 Å². The summed E-state index contributed by atoms with van der Waals surface area (Å²) in [7, 11) is 0. The molecule has 0 fully saturated rings. The molecule has 130 valence electrons. The van der Waals surface area contributed by atoms with E-state index in [0.29, 0.717) is 24.2 Å². The third-order valence-corrected chi connectivity index (χ3v) is 3.91. The maximum absolute atomic E-state index is 12.2. The summed E-state index contributed by atoms with van der Waals surface area (Å²) in [4.78, 5) is 28.2. The van der Waals surface area contributed by atoms with E-state index >= 15 is 0 Å². The van der Waals surface area contributed by atoms with Gasteiger partial charge >= 0.3 is 0 Å². The minimum absolute atomic E-state index is 0.121. The zero-order valence-corrected chi connectivity index (χ0v) is 14.2. The van der Waals surface area contributed by atoms with Gasteiger partial charge in [-0.1, -0.05) is 30.3 Å². The Morgan fingerprint density at radius 1 is 0.654 bits per heavy atom. The summed E-state index contributed by atoms with van der Waals surface area (Å²) in [6.45, 7) is 0.864. The van der Waals surface area contributed by atoms with Crippen LogP contribution in [0, 0.1) is 0 Å². The molecule has 0 aliphatic carbocycles. The van der Waals surface area contributed by atoms with Crippen LogP contribution in [0.5, 0.6) is 0 Å². The summed E-state index contributed by atoms with van der Waals surface area (Å²) in [6.07, 6.45) is 3.39. The smallest absolute Gasteiger partial charge is 0.251 e. The fourth-order valence-electron chi connectivity index (χ4n) is 2.43. The third kappa shape index (κ3) is 4.77. The summed E-state index contributed by atoms with van der Waals surface area (Å²) in [5, 5.41) is 5.74. The van der Waals surface area contributed by atoms with E-state index in [0.717, 1.165) is 11.1 Å². The highest BCUT2D eigenvalue weighted by molar-refractivity contribution is 5.94. The van der Waals surface area contributed by atoms with Crippen LogP contribution in [0.3, 0.4) is 0 Å². The van der Waals surface area contributed by atoms with Gasteiger partial charge < -0.3 is 10.6 Å². The lowest BCUT2D eigenvalue weighted by molar-refractivity contribution is 0.0941. The molecule has 1 aromatic heterocycles. The Morgan fingerprint density at radius 3 is 1.73 bits per heavy atom. The molecule has 0 aliphatic rings. The average Bonchev–Trinajstić information content (AvgIpc) is 2.72. The largest absolute Gasteiger partial charge is 0.348 e. The monoisotopic (exact) mass is 345 g/mol. The minimum atomic E-state index is -0.137. The van der Waals surface area contributed by atoms with E-state index in [1.54, 1.807) is 36.7 Å². The lowest BCUT2D eigenvalue weighted by Crippen LogP contribution is -2.24. The molecule has 0 saturated heterocycles. The van der Waals surface area contributed by atoms with E-state index in [1.807, 2.05) is 42.5 Å². The zero-order chi connectivity index (χ0) is 18.2. The van der Waals surface area contributed by atoms with Crippen LogP contribution in [0.1, 0.15) is 31.8 Å². The van der Waals surface area contributed by atoms with Crippen LogP contribution < -0.4 is 10.6 Å². The summed E-state index contributed by atoms with van der Waals surface area (Å²) in [5.74, 6) is -0.258. The van der Waals surface area contributed by atoms with E-state index in [4.69, 9.17) is 0 Å². The van der Waals surface area contributed by atoms with Gasteiger partial charge in [-0.15, -0.1) is 0 Å². The predicted octanol–water partition coefficient (Wildman–Crippen LogP) is 2.94. The second-order valence-corrected chi connectivity index (χ2v) is 5.78. The van der Waals surface area contributed by atoms with Crippen LogP contribution in [0.4, 0.5) is 0 Å². The molecule has 3 aromatic rings. The number of hydrogen-bond donors (Lipinski definition) is 2. The normalized spacial score (nSPS) is 10.2. The number of nitrogens with one attached hydrogen (secondary N) is 2. The first kappa shape index (κ1) is 17.4. The Bertz CT molecular complexity index is 863. The van der Waals surface area contributed by atoms with Gasteiger partial charge in [0.05, 0.1) is 0 Å². The van der Waals surface area contributed by atoms with Gasteiger partial charge in [-0.05, 0) is 47.5 Å². The first-order valence-electron chi connectivity index (χ1n) is 8.31.